The Balaban J connectivity index is 2.21. The van der Waals surface area contributed by atoms with Gasteiger partial charge in [-0.3, -0.25) is 0 Å². The maximum atomic E-state index is 13.0. The van der Waals surface area contributed by atoms with Crippen molar-refractivity contribution in [1.82, 2.24) is 15.5 Å². The highest BCUT2D eigenvalue weighted by atomic mass is 35.5. The van der Waals surface area contributed by atoms with Gasteiger partial charge in [-0.05, 0) is 24.7 Å². The summed E-state index contributed by atoms with van der Waals surface area (Å²) in [6.07, 6.45) is 0. The van der Waals surface area contributed by atoms with Crippen molar-refractivity contribution < 1.29 is 8.91 Å². The molecule has 2 rings (SSSR count). The van der Waals surface area contributed by atoms with E-state index >= 15 is 0 Å². The summed E-state index contributed by atoms with van der Waals surface area (Å²) in [4.78, 5) is 4.17. The van der Waals surface area contributed by atoms with Crippen molar-refractivity contribution in [1.29, 1.82) is 0 Å². The summed E-state index contributed by atoms with van der Waals surface area (Å²) in [6.45, 7) is 3.32. The highest BCUT2D eigenvalue weighted by Gasteiger charge is 2.10. The second kappa shape index (κ2) is 5.25. The minimum Gasteiger partial charge on any atom is -0.338 e. The van der Waals surface area contributed by atoms with Crippen molar-refractivity contribution in [2.24, 2.45) is 0 Å². The van der Waals surface area contributed by atoms with Crippen LogP contribution >= 0.6 is 11.6 Å². The molecule has 0 aliphatic heterocycles. The average molecular weight is 256 g/mol. The van der Waals surface area contributed by atoms with Gasteiger partial charge in [-0.2, -0.15) is 4.98 Å². The van der Waals surface area contributed by atoms with Gasteiger partial charge >= 0.3 is 0 Å². The first-order valence-corrected chi connectivity index (χ1v) is 5.57. The molecule has 1 N–H and O–H groups in total. The minimum absolute atomic E-state index is 0.0422. The molecular weight excluding hydrogens is 245 g/mol. The lowest BCUT2D eigenvalue weighted by molar-refractivity contribution is 0.369. The van der Waals surface area contributed by atoms with E-state index in [4.69, 9.17) is 16.1 Å². The summed E-state index contributed by atoms with van der Waals surface area (Å²) in [6, 6.07) is 4.31. The van der Waals surface area contributed by atoms with E-state index in [0.717, 1.165) is 6.54 Å². The van der Waals surface area contributed by atoms with Crippen molar-refractivity contribution in [3.63, 3.8) is 0 Å². The molecule has 6 heteroatoms. The molecule has 0 bridgehead atoms. The Labute approximate surface area is 103 Å². The van der Waals surface area contributed by atoms with Gasteiger partial charge in [0, 0.05) is 5.56 Å². The van der Waals surface area contributed by atoms with Crippen molar-refractivity contribution in [3.8, 4) is 11.4 Å². The van der Waals surface area contributed by atoms with Crippen LogP contribution in [0.2, 0.25) is 5.02 Å². The van der Waals surface area contributed by atoms with Gasteiger partial charge in [0.15, 0.2) is 0 Å². The molecule has 0 amide bonds. The molecular formula is C11H11ClFN3O. The lowest BCUT2D eigenvalue weighted by Gasteiger charge is -1.96. The number of benzene rings is 1. The predicted molar refractivity (Wildman–Crippen MR) is 62.1 cm³/mol. The van der Waals surface area contributed by atoms with E-state index in [-0.39, 0.29) is 5.02 Å². The van der Waals surface area contributed by atoms with Gasteiger partial charge < -0.3 is 9.84 Å². The van der Waals surface area contributed by atoms with Gasteiger partial charge in [-0.25, -0.2) is 4.39 Å². The molecule has 90 valence electrons. The second-order valence-electron chi connectivity index (χ2n) is 3.42. The third kappa shape index (κ3) is 2.81. The quantitative estimate of drug-likeness (QED) is 0.913. The lowest BCUT2D eigenvalue weighted by atomic mass is 10.2. The van der Waals surface area contributed by atoms with Crippen LogP contribution in [0.25, 0.3) is 11.4 Å². The number of hydrogen-bond donors (Lipinski definition) is 1. The standard InChI is InChI=1S/C11H11ClFN3O/c1-2-14-6-10-15-11(16-17-10)7-3-4-9(13)8(12)5-7/h3-5,14H,2,6H2,1H3. The van der Waals surface area contributed by atoms with Crippen LogP contribution in [-0.4, -0.2) is 16.7 Å². The van der Waals surface area contributed by atoms with Gasteiger partial charge in [0.1, 0.15) is 5.82 Å². The maximum Gasteiger partial charge on any atom is 0.240 e. The molecule has 4 nitrogen and oxygen atoms in total. The van der Waals surface area contributed by atoms with Crippen LogP contribution in [0.1, 0.15) is 12.8 Å². The predicted octanol–water partition coefficient (Wildman–Crippen LogP) is 2.64. The molecule has 0 unspecified atom stereocenters. The molecule has 1 heterocycles. The molecule has 0 fully saturated rings. The molecule has 0 aliphatic carbocycles. The number of halogens is 2. The first kappa shape index (κ1) is 12.0. The fraction of sp³-hybridized carbons (Fsp3) is 0.273. The SMILES string of the molecule is CCNCc1nc(-c2ccc(F)c(Cl)c2)no1. The largest absolute Gasteiger partial charge is 0.338 e. The molecule has 0 saturated carbocycles. The highest BCUT2D eigenvalue weighted by Crippen LogP contribution is 2.22. The third-order valence-corrected chi connectivity index (χ3v) is 2.46. The summed E-state index contributed by atoms with van der Waals surface area (Å²) in [5.74, 6) is 0.425. The molecule has 2 aromatic rings. The Bertz CT molecular complexity index is 515. The molecule has 0 saturated heterocycles. The lowest BCUT2D eigenvalue weighted by Crippen LogP contribution is -2.11. The summed E-state index contributed by atoms with van der Waals surface area (Å²) in [5, 5.41) is 6.91. The van der Waals surface area contributed by atoms with Crippen LogP contribution in [0, 0.1) is 5.82 Å². The molecule has 0 radical (unpaired) electrons. The molecule has 1 aromatic heterocycles. The van der Waals surface area contributed by atoms with Crippen LogP contribution in [0.5, 0.6) is 0 Å². The number of aromatic nitrogens is 2. The Kier molecular flexibility index (Phi) is 3.71. The molecule has 0 aliphatic rings. The van der Waals surface area contributed by atoms with Crippen LogP contribution in [0.4, 0.5) is 4.39 Å². The van der Waals surface area contributed by atoms with Gasteiger partial charge in [0.05, 0.1) is 11.6 Å². The van der Waals surface area contributed by atoms with Crippen molar-refractivity contribution in [2.45, 2.75) is 13.5 Å². The first-order chi connectivity index (χ1) is 8.20. The first-order valence-electron chi connectivity index (χ1n) is 5.19. The molecule has 0 atom stereocenters. The zero-order chi connectivity index (χ0) is 12.3. The number of hydrogen-bond acceptors (Lipinski definition) is 4. The van der Waals surface area contributed by atoms with Crippen LogP contribution in [0.3, 0.4) is 0 Å². The van der Waals surface area contributed by atoms with E-state index in [1.807, 2.05) is 6.92 Å². The van der Waals surface area contributed by atoms with E-state index < -0.39 is 5.82 Å². The van der Waals surface area contributed by atoms with Crippen molar-refractivity contribution in [2.75, 3.05) is 6.54 Å². The fourth-order valence-electron chi connectivity index (χ4n) is 1.31. The Morgan fingerprint density at radius 1 is 1.47 bits per heavy atom. The monoisotopic (exact) mass is 255 g/mol. The summed E-state index contributed by atoms with van der Waals surface area (Å²) >= 11 is 5.68. The normalized spacial score (nSPS) is 10.8. The Morgan fingerprint density at radius 2 is 2.29 bits per heavy atom. The Hall–Kier alpha value is -1.46. The van der Waals surface area contributed by atoms with Crippen LogP contribution < -0.4 is 5.32 Å². The van der Waals surface area contributed by atoms with E-state index in [1.54, 1.807) is 6.07 Å². The van der Waals surface area contributed by atoms with Crippen molar-refractivity contribution in [3.05, 3.63) is 34.9 Å². The van der Waals surface area contributed by atoms with Gasteiger partial charge in [0.25, 0.3) is 0 Å². The number of nitrogens with one attached hydrogen (secondary N) is 1. The summed E-state index contributed by atoms with van der Waals surface area (Å²) in [5.41, 5.74) is 0.628. The molecule has 0 spiro atoms. The smallest absolute Gasteiger partial charge is 0.240 e. The third-order valence-electron chi connectivity index (χ3n) is 2.17. The Morgan fingerprint density at radius 3 is 3.00 bits per heavy atom. The topological polar surface area (TPSA) is 51.0 Å². The van der Waals surface area contributed by atoms with Gasteiger partial charge in [-0.1, -0.05) is 23.7 Å². The van der Waals surface area contributed by atoms with E-state index in [9.17, 15) is 4.39 Å². The van der Waals surface area contributed by atoms with Crippen LogP contribution in [0.15, 0.2) is 22.7 Å². The van der Waals surface area contributed by atoms with Crippen LogP contribution in [-0.2, 0) is 6.54 Å². The van der Waals surface area contributed by atoms with E-state index in [2.05, 4.69) is 15.5 Å². The van der Waals surface area contributed by atoms with E-state index in [1.165, 1.54) is 12.1 Å². The van der Waals surface area contributed by atoms with Crippen molar-refractivity contribution >= 4 is 11.6 Å². The minimum atomic E-state index is -0.466. The second-order valence-corrected chi connectivity index (χ2v) is 3.83. The maximum absolute atomic E-state index is 13.0. The van der Waals surface area contributed by atoms with Gasteiger partial charge in [-0.15, -0.1) is 0 Å². The van der Waals surface area contributed by atoms with Gasteiger partial charge in [0.2, 0.25) is 11.7 Å². The average Bonchev–Trinajstić information content (AvgIpc) is 2.79. The summed E-state index contributed by atoms with van der Waals surface area (Å²) in [7, 11) is 0. The highest BCUT2D eigenvalue weighted by molar-refractivity contribution is 6.31. The fourth-order valence-corrected chi connectivity index (χ4v) is 1.49. The number of nitrogens with zero attached hydrogens (tertiary/aromatic N) is 2. The number of rotatable bonds is 4. The zero-order valence-corrected chi connectivity index (χ0v) is 9.96. The molecule has 17 heavy (non-hydrogen) atoms. The zero-order valence-electron chi connectivity index (χ0n) is 9.20. The molecule has 1 aromatic carbocycles. The summed E-state index contributed by atoms with van der Waals surface area (Å²) < 4.78 is 18.0. The van der Waals surface area contributed by atoms with E-state index in [0.29, 0.717) is 23.8 Å².